The zero-order chi connectivity index (χ0) is 18.5. The largest absolute Gasteiger partial charge is 0.352 e. The van der Waals surface area contributed by atoms with Gasteiger partial charge in [-0.15, -0.1) is 0 Å². The van der Waals surface area contributed by atoms with Gasteiger partial charge in [-0.2, -0.15) is 0 Å². The highest BCUT2D eigenvalue weighted by Crippen LogP contribution is 2.23. The van der Waals surface area contributed by atoms with Gasteiger partial charge in [0.15, 0.2) is 0 Å². The Bertz CT molecular complexity index is 611. The Morgan fingerprint density at radius 2 is 1.96 bits per heavy atom. The van der Waals surface area contributed by atoms with Crippen LogP contribution in [0.2, 0.25) is 0 Å². The number of nitrogens with zero attached hydrogens (tertiary/aromatic N) is 3. The summed E-state index contributed by atoms with van der Waals surface area (Å²) in [6, 6.07) is 4.51. The summed E-state index contributed by atoms with van der Waals surface area (Å²) in [4.78, 5) is 33.2. The third-order valence-corrected chi connectivity index (χ3v) is 5.57. The van der Waals surface area contributed by atoms with Gasteiger partial charge < -0.3 is 15.1 Å². The first-order valence-electron chi connectivity index (χ1n) is 9.74. The molecule has 2 aliphatic rings. The van der Waals surface area contributed by atoms with Crippen LogP contribution in [0.1, 0.15) is 45.1 Å². The number of nitrogens with one attached hydrogen (secondary N) is 1. The van der Waals surface area contributed by atoms with E-state index in [1.807, 2.05) is 17.0 Å². The van der Waals surface area contributed by atoms with Crippen molar-refractivity contribution in [1.29, 1.82) is 0 Å². The Kier molecular flexibility index (Phi) is 6.25. The molecule has 26 heavy (non-hydrogen) atoms. The average Bonchev–Trinajstić information content (AvgIpc) is 3.06. The highest BCUT2D eigenvalue weighted by molar-refractivity contribution is 5.80. The standard InChI is InChI=1S/C20H30N4O2/c1-15(2)23-11-7-17(8-12-23)20(26)24(13-16-5-9-21-10-6-16)14-18-3-4-19(25)22-18/h5-6,9-10,15,17-18H,3-4,7-8,11-14H2,1-2H3,(H,22,25)/t18-/m0/s1. The van der Waals surface area contributed by atoms with Crippen molar-refractivity contribution in [2.45, 2.75) is 58.2 Å². The number of rotatable bonds is 6. The molecule has 0 unspecified atom stereocenters. The van der Waals surface area contributed by atoms with E-state index in [-0.39, 0.29) is 23.8 Å². The molecule has 2 aliphatic heterocycles. The molecule has 1 aromatic heterocycles. The van der Waals surface area contributed by atoms with Gasteiger partial charge in [0.2, 0.25) is 11.8 Å². The summed E-state index contributed by atoms with van der Waals surface area (Å²) in [6.45, 7) is 7.56. The van der Waals surface area contributed by atoms with Crippen LogP contribution in [0.25, 0.3) is 0 Å². The lowest BCUT2D eigenvalue weighted by molar-refractivity contribution is -0.138. The molecule has 1 N–H and O–H groups in total. The van der Waals surface area contributed by atoms with Gasteiger partial charge >= 0.3 is 0 Å². The number of carbonyl (C=O) groups is 2. The number of pyridine rings is 1. The second-order valence-electron chi connectivity index (χ2n) is 7.78. The summed E-state index contributed by atoms with van der Waals surface area (Å²) < 4.78 is 0. The van der Waals surface area contributed by atoms with E-state index >= 15 is 0 Å². The van der Waals surface area contributed by atoms with Crippen LogP contribution >= 0.6 is 0 Å². The molecule has 2 amide bonds. The van der Waals surface area contributed by atoms with Gasteiger partial charge in [-0.05, 0) is 63.9 Å². The number of hydrogen-bond acceptors (Lipinski definition) is 4. The van der Waals surface area contributed by atoms with Crippen LogP contribution in [-0.2, 0) is 16.1 Å². The number of amides is 2. The van der Waals surface area contributed by atoms with Gasteiger partial charge in [-0.1, -0.05) is 0 Å². The van der Waals surface area contributed by atoms with Crippen molar-refractivity contribution in [2.75, 3.05) is 19.6 Å². The molecule has 6 heteroatoms. The third kappa shape index (κ3) is 4.81. The minimum Gasteiger partial charge on any atom is -0.352 e. The Balaban J connectivity index is 1.65. The Labute approximate surface area is 156 Å². The first-order valence-corrected chi connectivity index (χ1v) is 9.74. The summed E-state index contributed by atoms with van der Waals surface area (Å²) in [7, 11) is 0. The first kappa shape index (κ1) is 18.8. The van der Waals surface area contributed by atoms with Crippen LogP contribution < -0.4 is 5.32 Å². The quantitative estimate of drug-likeness (QED) is 0.842. The molecule has 0 aliphatic carbocycles. The monoisotopic (exact) mass is 358 g/mol. The maximum atomic E-state index is 13.2. The van der Waals surface area contributed by atoms with E-state index in [9.17, 15) is 9.59 Å². The molecule has 3 heterocycles. The number of hydrogen-bond donors (Lipinski definition) is 1. The molecule has 6 nitrogen and oxygen atoms in total. The molecule has 2 fully saturated rings. The normalized spacial score (nSPS) is 21.8. The molecule has 142 valence electrons. The summed E-state index contributed by atoms with van der Waals surface area (Å²) >= 11 is 0. The molecular weight excluding hydrogens is 328 g/mol. The van der Waals surface area contributed by atoms with E-state index in [1.54, 1.807) is 12.4 Å². The highest BCUT2D eigenvalue weighted by atomic mass is 16.2. The van der Waals surface area contributed by atoms with E-state index in [0.29, 0.717) is 25.6 Å². The van der Waals surface area contributed by atoms with Gasteiger partial charge in [0.1, 0.15) is 0 Å². The van der Waals surface area contributed by atoms with Crippen LogP contribution in [0.4, 0.5) is 0 Å². The van der Waals surface area contributed by atoms with Crippen LogP contribution in [0.5, 0.6) is 0 Å². The van der Waals surface area contributed by atoms with Crippen molar-refractivity contribution in [3.05, 3.63) is 30.1 Å². The molecule has 0 bridgehead atoms. The molecule has 2 saturated heterocycles. The van der Waals surface area contributed by atoms with Gasteiger partial charge in [-0.3, -0.25) is 14.6 Å². The van der Waals surface area contributed by atoms with E-state index in [2.05, 4.69) is 29.0 Å². The zero-order valence-corrected chi connectivity index (χ0v) is 15.9. The average molecular weight is 358 g/mol. The third-order valence-electron chi connectivity index (χ3n) is 5.57. The molecule has 3 rings (SSSR count). The van der Waals surface area contributed by atoms with Crippen molar-refractivity contribution in [2.24, 2.45) is 5.92 Å². The number of likely N-dealkylation sites (tertiary alicyclic amines) is 1. The second kappa shape index (κ2) is 8.62. The van der Waals surface area contributed by atoms with Gasteiger partial charge in [0.05, 0.1) is 0 Å². The maximum Gasteiger partial charge on any atom is 0.226 e. The lowest BCUT2D eigenvalue weighted by Gasteiger charge is -2.36. The summed E-state index contributed by atoms with van der Waals surface area (Å²) in [5, 5.41) is 3.00. The molecule has 0 aromatic carbocycles. The van der Waals surface area contributed by atoms with E-state index in [0.717, 1.165) is 37.9 Å². The molecule has 0 spiro atoms. The lowest BCUT2D eigenvalue weighted by atomic mass is 9.94. The minimum atomic E-state index is 0.0732. The minimum absolute atomic E-state index is 0.0732. The molecule has 0 radical (unpaired) electrons. The first-order chi connectivity index (χ1) is 12.5. The molecule has 0 saturated carbocycles. The van der Waals surface area contributed by atoms with E-state index in [4.69, 9.17) is 0 Å². The zero-order valence-electron chi connectivity index (χ0n) is 15.9. The maximum absolute atomic E-state index is 13.2. The van der Waals surface area contributed by atoms with Gasteiger partial charge in [-0.25, -0.2) is 0 Å². The van der Waals surface area contributed by atoms with Crippen LogP contribution in [0.3, 0.4) is 0 Å². The topological polar surface area (TPSA) is 65.5 Å². The van der Waals surface area contributed by atoms with Crippen LogP contribution in [0, 0.1) is 5.92 Å². The van der Waals surface area contributed by atoms with Gasteiger partial charge in [0.25, 0.3) is 0 Å². The van der Waals surface area contributed by atoms with Crippen LogP contribution in [0.15, 0.2) is 24.5 Å². The second-order valence-corrected chi connectivity index (χ2v) is 7.78. The number of aromatic nitrogens is 1. The van der Waals surface area contributed by atoms with Crippen molar-refractivity contribution in [1.82, 2.24) is 20.1 Å². The SMILES string of the molecule is CC(C)N1CCC(C(=O)N(Cc2ccncc2)C[C@@H]2CCC(=O)N2)CC1. The number of carbonyl (C=O) groups excluding carboxylic acids is 2. The van der Waals surface area contributed by atoms with E-state index < -0.39 is 0 Å². The fraction of sp³-hybridized carbons (Fsp3) is 0.650. The summed E-state index contributed by atoms with van der Waals surface area (Å²) in [5.74, 6) is 0.409. The molecule has 1 aromatic rings. The van der Waals surface area contributed by atoms with Crippen molar-refractivity contribution < 1.29 is 9.59 Å². The van der Waals surface area contributed by atoms with Crippen molar-refractivity contribution in [3.63, 3.8) is 0 Å². The predicted octanol–water partition coefficient (Wildman–Crippen LogP) is 1.81. The Hall–Kier alpha value is -1.95. The van der Waals surface area contributed by atoms with Crippen molar-refractivity contribution >= 4 is 11.8 Å². The fourth-order valence-corrected chi connectivity index (χ4v) is 3.94. The van der Waals surface area contributed by atoms with Gasteiger partial charge in [0, 0.05) is 49.9 Å². The summed E-state index contributed by atoms with van der Waals surface area (Å²) in [5.41, 5.74) is 1.08. The van der Waals surface area contributed by atoms with Crippen LogP contribution in [-0.4, -0.2) is 58.3 Å². The number of piperidine rings is 1. The van der Waals surface area contributed by atoms with Crippen molar-refractivity contribution in [3.8, 4) is 0 Å². The van der Waals surface area contributed by atoms with E-state index in [1.165, 1.54) is 0 Å². The molecular formula is C20H30N4O2. The predicted molar refractivity (Wildman–Crippen MR) is 100 cm³/mol. The fourth-order valence-electron chi connectivity index (χ4n) is 3.94. The Morgan fingerprint density at radius 1 is 1.27 bits per heavy atom. The highest BCUT2D eigenvalue weighted by Gasteiger charge is 2.32. The smallest absolute Gasteiger partial charge is 0.226 e. The summed E-state index contributed by atoms with van der Waals surface area (Å²) in [6.07, 6.45) is 6.73. The Morgan fingerprint density at radius 3 is 2.54 bits per heavy atom. The molecule has 1 atom stereocenters. The lowest BCUT2D eigenvalue weighted by Crippen LogP contribution is -2.47.